The van der Waals surface area contributed by atoms with E-state index in [4.69, 9.17) is 4.74 Å². The third-order valence-electron chi connectivity index (χ3n) is 10.2. The number of piperidine rings is 1. The number of carbonyl (C=O) groups excluding carboxylic acids is 1. The fraction of sp³-hybridized carbons (Fsp3) is 0.741. The first-order valence-corrected chi connectivity index (χ1v) is 13.7. The van der Waals surface area contributed by atoms with Gasteiger partial charge in [0.1, 0.15) is 12.1 Å². The summed E-state index contributed by atoms with van der Waals surface area (Å²) >= 11 is 0. The lowest BCUT2D eigenvalue weighted by atomic mass is 9.52. The molecule has 1 aromatic carbocycles. The van der Waals surface area contributed by atoms with E-state index in [2.05, 4.69) is 4.90 Å². The highest BCUT2D eigenvalue weighted by atomic mass is 19.4. The number of hydrogen-bond acceptors (Lipinski definition) is 6. The monoisotopic (exact) mass is 521 g/mol. The van der Waals surface area contributed by atoms with E-state index in [9.17, 15) is 28.2 Å². The number of rotatable bonds is 4. The molecule has 202 valence electrons. The summed E-state index contributed by atoms with van der Waals surface area (Å²) in [7, 11) is 0. The molecule has 0 unspecified atom stereocenters. The van der Waals surface area contributed by atoms with Crippen molar-refractivity contribution in [3.05, 3.63) is 23.3 Å². The van der Waals surface area contributed by atoms with Gasteiger partial charge in [-0.05, 0) is 75.6 Å². The van der Waals surface area contributed by atoms with Crippen molar-refractivity contribution in [1.82, 2.24) is 14.7 Å². The smallest absolute Gasteiger partial charge is 0.404 e. The number of ether oxygens (including phenoxy) is 1. The van der Waals surface area contributed by atoms with Crippen LogP contribution in [0.15, 0.2) is 12.1 Å². The topological polar surface area (TPSA) is 76.5 Å². The number of carbonyl (C=O) groups is 1. The molecule has 0 aromatic heterocycles. The van der Waals surface area contributed by atoms with Crippen LogP contribution in [0.3, 0.4) is 0 Å². The van der Waals surface area contributed by atoms with E-state index >= 15 is 0 Å². The van der Waals surface area contributed by atoms with Gasteiger partial charge in [0.15, 0.2) is 11.5 Å². The quantitative estimate of drug-likeness (QED) is 0.634. The molecule has 6 aliphatic rings. The minimum absolute atomic E-state index is 0.0151. The lowest BCUT2D eigenvalue weighted by Gasteiger charge is -2.60. The summed E-state index contributed by atoms with van der Waals surface area (Å²) in [5.74, 6) is 0.741. The van der Waals surface area contributed by atoms with Gasteiger partial charge in [-0.1, -0.05) is 6.07 Å². The molecule has 1 spiro atoms. The van der Waals surface area contributed by atoms with E-state index in [1.165, 1.54) is 17.7 Å². The van der Waals surface area contributed by atoms with Crippen molar-refractivity contribution in [2.45, 2.75) is 80.3 Å². The molecule has 7 nitrogen and oxygen atoms in total. The van der Waals surface area contributed by atoms with Crippen molar-refractivity contribution in [3.63, 3.8) is 0 Å². The number of alkyl halides is 3. The van der Waals surface area contributed by atoms with Crippen LogP contribution >= 0.6 is 0 Å². The maximum absolute atomic E-state index is 13.5. The summed E-state index contributed by atoms with van der Waals surface area (Å²) in [5, 5.41) is 23.3. The third-order valence-corrected chi connectivity index (χ3v) is 10.2. The number of halogens is 3. The van der Waals surface area contributed by atoms with Crippen LogP contribution in [0.25, 0.3) is 0 Å². The van der Waals surface area contributed by atoms with E-state index in [1.54, 1.807) is 11.0 Å². The van der Waals surface area contributed by atoms with Crippen molar-refractivity contribution >= 4 is 5.91 Å². The van der Waals surface area contributed by atoms with E-state index in [-0.39, 0.29) is 50.3 Å². The standard InChI is InChI=1S/C27H34F3N3O4/c28-27(29,30)19-2-1-9-31(19)15-22(35)33-11-8-26(36)20-12-17-5-6-18(34)24-23(17)25(26,21(14-33)37-24)7-10-32(20)13-16-3-4-16/h5-6,16,19-21,34,36H,1-4,7-15H2/t19-,20+,21-,25+,26+/m0/s1. The summed E-state index contributed by atoms with van der Waals surface area (Å²) < 4.78 is 46.9. The average Bonchev–Trinajstić information content (AvgIpc) is 3.44. The molecule has 4 aliphatic heterocycles. The van der Waals surface area contributed by atoms with Crippen molar-refractivity contribution in [2.24, 2.45) is 5.92 Å². The molecule has 7 rings (SSSR count). The maximum atomic E-state index is 13.5. The number of amides is 1. The van der Waals surface area contributed by atoms with E-state index in [0.29, 0.717) is 37.4 Å². The Morgan fingerprint density at radius 3 is 2.68 bits per heavy atom. The number of phenolic OH excluding ortho intramolecular Hbond substituents is 1. The van der Waals surface area contributed by atoms with Crippen LogP contribution in [0.2, 0.25) is 0 Å². The zero-order valence-corrected chi connectivity index (χ0v) is 20.8. The van der Waals surface area contributed by atoms with Gasteiger partial charge in [0, 0.05) is 24.7 Å². The van der Waals surface area contributed by atoms with Gasteiger partial charge in [0.25, 0.3) is 0 Å². The first-order chi connectivity index (χ1) is 17.6. The molecule has 1 amide bonds. The lowest BCUT2D eigenvalue weighted by Crippen LogP contribution is -2.74. The molecule has 1 aromatic rings. The number of benzene rings is 1. The second-order valence-electron chi connectivity index (χ2n) is 12.1. The number of phenols is 1. The molecular weight excluding hydrogens is 487 g/mol. The summed E-state index contributed by atoms with van der Waals surface area (Å²) in [5.41, 5.74) is 0.0496. The van der Waals surface area contributed by atoms with Crippen LogP contribution < -0.4 is 4.74 Å². The predicted octanol–water partition coefficient (Wildman–Crippen LogP) is 2.42. The van der Waals surface area contributed by atoms with Gasteiger partial charge in [-0.3, -0.25) is 14.6 Å². The van der Waals surface area contributed by atoms with Gasteiger partial charge in [0.05, 0.1) is 24.1 Å². The van der Waals surface area contributed by atoms with Crippen LogP contribution in [-0.2, 0) is 16.6 Å². The molecule has 3 saturated heterocycles. The van der Waals surface area contributed by atoms with Gasteiger partial charge in [0.2, 0.25) is 5.91 Å². The maximum Gasteiger partial charge on any atom is 0.404 e. The van der Waals surface area contributed by atoms with Crippen molar-refractivity contribution < 1.29 is 32.9 Å². The molecule has 5 atom stereocenters. The van der Waals surface area contributed by atoms with Crippen LogP contribution in [0, 0.1) is 5.92 Å². The van der Waals surface area contributed by atoms with Gasteiger partial charge in [-0.2, -0.15) is 13.2 Å². The molecule has 4 heterocycles. The summed E-state index contributed by atoms with van der Waals surface area (Å²) in [6.07, 6.45) is -0.413. The number of aromatic hydroxyl groups is 1. The van der Waals surface area contributed by atoms with E-state index in [1.807, 2.05) is 6.07 Å². The Morgan fingerprint density at radius 2 is 1.92 bits per heavy atom. The highest BCUT2D eigenvalue weighted by molar-refractivity contribution is 5.79. The summed E-state index contributed by atoms with van der Waals surface area (Å²) in [6.45, 7) is 2.19. The first kappa shape index (κ1) is 24.0. The van der Waals surface area contributed by atoms with Gasteiger partial charge < -0.3 is 19.8 Å². The largest absolute Gasteiger partial charge is 0.504 e. The number of nitrogens with zero attached hydrogens (tertiary/aromatic N) is 3. The van der Waals surface area contributed by atoms with Crippen LogP contribution in [-0.4, -0.2) is 100 Å². The van der Waals surface area contributed by atoms with Crippen LogP contribution in [0.1, 0.15) is 49.7 Å². The molecule has 37 heavy (non-hydrogen) atoms. The number of hydrogen-bond donors (Lipinski definition) is 2. The fourth-order valence-corrected chi connectivity index (χ4v) is 8.29. The van der Waals surface area contributed by atoms with Crippen molar-refractivity contribution in [1.29, 1.82) is 0 Å². The van der Waals surface area contributed by atoms with Gasteiger partial charge >= 0.3 is 6.18 Å². The van der Waals surface area contributed by atoms with Gasteiger partial charge in [-0.25, -0.2) is 0 Å². The molecule has 2 bridgehead atoms. The Bertz CT molecular complexity index is 1130. The van der Waals surface area contributed by atoms with E-state index in [0.717, 1.165) is 24.2 Å². The normalized spacial score (nSPS) is 37.3. The number of aliphatic hydroxyl groups is 1. The van der Waals surface area contributed by atoms with Crippen LogP contribution in [0.5, 0.6) is 11.5 Å². The Hall–Kier alpha value is -2.04. The van der Waals surface area contributed by atoms with Crippen molar-refractivity contribution in [2.75, 3.05) is 39.3 Å². The SMILES string of the molecule is O=C(CN1CCC[C@H]1C(F)(F)F)N1CC[C@@]2(O)[C@H]3Cc4ccc(O)c5c4[C@@]2(CCN3CC2CC2)[C@H](C1)O5. The molecule has 0 radical (unpaired) electrons. The average molecular weight is 522 g/mol. The Kier molecular flexibility index (Phi) is 5.19. The van der Waals surface area contributed by atoms with Gasteiger partial charge in [-0.15, -0.1) is 0 Å². The predicted molar refractivity (Wildman–Crippen MR) is 127 cm³/mol. The molecule has 10 heteroatoms. The molecule has 2 aliphatic carbocycles. The van der Waals surface area contributed by atoms with Crippen molar-refractivity contribution in [3.8, 4) is 11.5 Å². The second-order valence-corrected chi connectivity index (χ2v) is 12.1. The minimum Gasteiger partial charge on any atom is -0.504 e. The second kappa shape index (κ2) is 7.99. The fourth-order valence-electron chi connectivity index (χ4n) is 8.29. The first-order valence-electron chi connectivity index (χ1n) is 13.7. The van der Waals surface area contributed by atoms with Crippen LogP contribution in [0.4, 0.5) is 13.2 Å². The Balaban J connectivity index is 1.23. The zero-order valence-electron chi connectivity index (χ0n) is 20.8. The Labute approximate surface area is 214 Å². The highest BCUT2D eigenvalue weighted by Gasteiger charge is 2.71. The highest BCUT2D eigenvalue weighted by Crippen LogP contribution is 2.63. The molecule has 2 N–H and O–H groups in total. The number of likely N-dealkylation sites (tertiary alicyclic amines) is 3. The summed E-state index contributed by atoms with van der Waals surface area (Å²) in [6, 6.07) is 1.87. The minimum atomic E-state index is -4.36. The molecule has 4 fully saturated rings. The zero-order chi connectivity index (χ0) is 25.7. The lowest BCUT2D eigenvalue weighted by molar-refractivity contribution is -0.177. The summed E-state index contributed by atoms with van der Waals surface area (Å²) in [4.78, 5) is 18.7. The van der Waals surface area contributed by atoms with E-state index < -0.39 is 29.3 Å². The molecular formula is C27H34F3N3O4. The molecule has 1 saturated carbocycles. The Morgan fingerprint density at radius 1 is 1.11 bits per heavy atom. The third kappa shape index (κ3) is 3.40.